The monoisotopic (exact) mass is 857 g/mol. The van der Waals surface area contributed by atoms with E-state index < -0.39 is 20.2 Å². The van der Waals surface area contributed by atoms with Crippen molar-refractivity contribution in [3.63, 3.8) is 0 Å². The van der Waals surface area contributed by atoms with Gasteiger partial charge in [-0.15, -0.1) is 0 Å². The van der Waals surface area contributed by atoms with Gasteiger partial charge in [0.25, 0.3) is 8.32 Å². The summed E-state index contributed by atoms with van der Waals surface area (Å²) in [6.07, 6.45) is 6.84. The minimum absolute atomic E-state index is 0.0278. The normalized spacial score (nSPS) is 22.4. The number of benzene rings is 4. The van der Waals surface area contributed by atoms with Crippen LogP contribution >= 0.6 is 0 Å². The number of fused-ring (bicyclic) bond motifs is 3. The van der Waals surface area contributed by atoms with Crippen molar-refractivity contribution in [2.24, 2.45) is 17.8 Å². The number of hydrogen-bond acceptors (Lipinski definition) is 7. The maximum Gasteiger partial charge on any atom is 0.261 e. The van der Waals surface area contributed by atoms with Crippen molar-refractivity contribution < 1.29 is 23.9 Å². The van der Waals surface area contributed by atoms with Crippen LogP contribution in [0.1, 0.15) is 69.7 Å². The molecule has 0 spiro atoms. The summed E-state index contributed by atoms with van der Waals surface area (Å²) in [7, 11) is -2.95. The molecule has 9 rings (SSSR count). The van der Waals surface area contributed by atoms with E-state index in [1.165, 1.54) is 15.9 Å². The average molecular weight is 858 g/mol. The number of imide groups is 1. The number of allylic oxidation sites excluding steroid dienone is 1. The molecular weight excluding hydrogens is 799 g/mol. The second-order valence-corrected chi connectivity index (χ2v) is 23.1. The third-order valence-corrected chi connectivity index (χ3v) is 19.0. The summed E-state index contributed by atoms with van der Waals surface area (Å²) >= 11 is 0. The molecule has 9 heteroatoms. The number of nitrogens with zero attached hydrogens (tertiary/aromatic N) is 3. The van der Waals surface area contributed by atoms with E-state index in [9.17, 15) is 14.7 Å². The number of carbonyl (C=O) groups excluding carboxylic acids is 2. The molecule has 63 heavy (non-hydrogen) atoms. The van der Waals surface area contributed by atoms with Gasteiger partial charge in [0.05, 0.1) is 36.8 Å². The molecule has 4 aromatic carbocycles. The molecular formula is C54H59N3O5Si. The number of likely N-dealkylation sites (tertiary alicyclic amines) is 2. The zero-order valence-electron chi connectivity index (χ0n) is 36.7. The van der Waals surface area contributed by atoms with Crippen molar-refractivity contribution in [1.82, 2.24) is 14.8 Å². The Morgan fingerprint density at radius 1 is 0.810 bits per heavy atom. The highest BCUT2D eigenvalue weighted by molar-refractivity contribution is 6.99. The van der Waals surface area contributed by atoms with Gasteiger partial charge < -0.3 is 14.3 Å². The van der Waals surface area contributed by atoms with Crippen LogP contribution in [0.25, 0.3) is 11.6 Å². The van der Waals surface area contributed by atoms with Crippen LogP contribution in [0.5, 0.6) is 5.75 Å². The van der Waals surface area contributed by atoms with E-state index in [0.29, 0.717) is 32.5 Å². The van der Waals surface area contributed by atoms with Crippen LogP contribution in [0.15, 0.2) is 151 Å². The van der Waals surface area contributed by atoms with Crippen molar-refractivity contribution in [3.05, 3.63) is 168 Å². The summed E-state index contributed by atoms with van der Waals surface area (Å²) in [5, 5.41) is 12.9. The van der Waals surface area contributed by atoms with Crippen molar-refractivity contribution in [1.29, 1.82) is 0 Å². The van der Waals surface area contributed by atoms with Crippen LogP contribution in [0.3, 0.4) is 0 Å². The first kappa shape index (κ1) is 42.8. The number of amides is 2. The smallest absolute Gasteiger partial charge is 0.261 e. The molecule has 0 unspecified atom stereocenters. The van der Waals surface area contributed by atoms with Crippen molar-refractivity contribution in [3.8, 4) is 5.75 Å². The number of hydrogen-bond donors (Lipinski definition) is 1. The van der Waals surface area contributed by atoms with Crippen LogP contribution in [0.4, 0.5) is 0 Å². The van der Waals surface area contributed by atoms with Gasteiger partial charge in [0.15, 0.2) is 0 Å². The molecule has 3 saturated heterocycles. The lowest BCUT2D eigenvalue weighted by Crippen LogP contribution is -2.66. The molecule has 1 aromatic heterocycles. The third-order valence-electron chi connectivity index (χ3n) is 14.0. The van der Waals surface area contributed by atoms with E-state index in [2.05, 4.69) is 111 Å². The number of pyridine rings is 1. The first-order valence-corrected chi connectivity index (χ1v) is 24.6. The summed E-state index contributed by atoms with van der Waals surface area (Å²) in [4.78, 5) is 38.4. The maximum absolute atomic E-state index is 14.8. The number of rotatable bonds is 13. The zero-order valence-corrected chi connectivity index (χ0v) is 37.7. The largest absolute Gasteiger partial charge is 0.507 e. The number of aromatic nitrogens is 1. The number of ether oxygens (including phenoxy) is 1. The van der Waals surface area contributed by atoms with E-state index in [0.717, 1.165) is 60.5 Å². The van der Waals surface area contributed by atoms with Crippen molar-refractivity contribution in [2.75, 3.05) is 26.3 Å². The zero-order chi connectivity index (χ0) is 43.6. The lowest BCUT2D eigenvalue weighted by molar-refractivity contribution is -0.144. The third kappa shape index (κ3) is 8.52. The minimum Gasteiger partial charge on any atom is -0.507 e. The number of aromatic hydroxyl groups is 1. The van der Waals surface area contributed by atoms with E-state index in [-0.39, 0.29) is 40.7 Å². The summed E-state index contributed by atoms with van der Waals surface area (Å²) in [6, 6.07) is 45.0. The highest BCUT2D eigenvalue weighted by Crippen LogP contribution is 2.51. The highest BCUT2D eigenvalue weighted by Gasteiger charge is 2.59. The Morgan fingerprint density at radius 2 is 1.44 bits per heavy atom. The Kier molecular flexibility index (Phi) is 12.5. The summed E-state index contributed by atoms with van der Waals surface area (Å²) in [5.41, 5.74) is 6.06. The second kappa shape index (κ2) is 18.3. The minimum atomic E-state index is -2.95. The van der Waals surface area contributed by atoms with Crippen molar-refractivity contribution >= 4 is 42.2 Å². The van der Waals surface area contributed by atoms with Crippen LogP contribution in [-0.4, -0.2) is 78.5 Å². The molecule has 1 aliphatic carbocycles. The molecule has 4 heterocycles. The molecule has 3 fully saturated rings. The van der Waals surface area contributed by atoms with E-state index in [1.807, 2.05) is 48.5 Å². The molecule has 2 amide bonds. The summed E-state index contributed by atoms with van der Waals surface area (Å²) in [5.74, 6) is -0.963. The Bertz CT molecular complexity index is 2410. The quantitative estimate of drug-likeness (QED) is 0.0721. The molecule has 1 N–H and O–H groups in total. The van der Waals surface area contributed by atoms with Crippen LogP contribution in [-0.2, 0) is 25.3 Å². The van der Waals surface area contributed by atoms with E-state index >= 15 is 0 Å². The molecule has 8 nitrogen and oxygen atoms in total. The predicted molar refractivity (Wildman–Crippen MR) is 251 cm³/mol. The van der Waals surface area contributed by atoms with Crippen LogP contribution in [0, 0.1) is 17.8 Å². The number of piperidine rings is 1. The van der Waals surface area contributed by atoms with Gasteiger partial charge in [0.2, 0.25) is 11.8 Å². The first-order chi connectivity index (χ1) is 30.6. The van der Waals surface area contributed by atoms with E-state index in [4.69, 9.17) is 14.1 Å². The Hall–Kier alpha value is -5.45. The van der Waals surface area contributed by atoms with Crippen molar-refractivity contribution in [2.45, 2.75) is 76.6 Å². The average Bonchev–Trinajstić information content (AvgIpc) is 3.84. The van der Waals surface area contributed by atoms with Gasteiger partial charge in [-0.05, 0) is 94.1 Å². The molecule has 0 radical (unpaired) electrons. The second-order valence-electron chi connectivity index (χ2n) is 18.8. The predicted octanol–water partition coefficient (Wildman–Crippen LogP) is 8.67. The number of para-hydroxylation sites is 1. The Balaban J connectivity index is 1.05. The van der Waals surface area contributed by atoms with E-state index in [1.54, 1.807) is 17.2 Å². The SMILES string of the molecule is CC(C)(C)[Si](OCC1=C2[C@@H](CC/C(=C/c3ccccc3O)c3ccccn3)OC[C@@H]2[C@@H]2C(=O)N(C3CCN(Cc4ccccc4)CC3)C(=O)[C@@H]2C1)(c1ccccc1)c1ccccc1. The standard InChI is InChI=1S/C54H59N3O5Si/c1-54(2,3)63(43-20-9-5-10-21-43,44-22-11-6-12-23-44)62-36-41-34-45-51(53(60)57(52(45)59)42-28-31-56(32-29-42)35-38-17-7-4-8-18-38)46-37-61-49(50(41)46)27-26-39(47-24-15-16-30-55-47)33-40-19-13-14-25-48(40)58/h4-25,30,33,42,45-46,49,51,58H,26-29,31-32,34-37H2,1-3H3/b39-33-/t45-,46+,49-,51-/m1/s1. The fourth-order valence-corrected chi connectivity index (χ4v) is 15.6. The Labute approximate surface area is 373 Å². The molecule has 324 valence electrons. The summed E-state index contributed by atoms with van der Waals surface area (Å²) < 4.78 is 14.4. The van der Waals surface area contributed by atoms with Gasteiger partial charge in [-0.1, -0.05) is 136 Å². The fraction of sp³-hybridized carbons (Fsp3) is 0.352. The van der Waals surface area contributed by atoms with Gasteiger partial charge in [-0.2, -0.15) is 0 Å². The molecule has 3 aliphatic heterocycles. The Morgan fingerprint density at radius 3 is 2.08 bits per heavy atom. The molecule has 4 atom stereocenters. The van der Waals surface area contributed by atoms with Gasteiger partial charge in [-0.25, -0.2) is 0 Å². The van der Waals surface area contributed by atoms with Gasteiger partial charge in [0.1, 0.15) is 5.75 Å². The first-order valence-electron chi connectivity index (χ1n) is 22.7. The van der Waals surface area contributed by atoms with Crippen LogP contribution in [0.2, 0.25) is 5.04 Å². The number of phenolic OH excluding ortho intramolecular Hbond substituents is 1. The van der Waals surface area contributed by atoms with Gasteiger partial charge >= 0.3 is 0 Å². The molecule has 0 saturated carbocycles. The van der Waals surface area contributed by atoms with Gasteiger partial charge in [-0.3, -0.25) is 24.4 Å². The highest BCUT2D eigenvalue weighted by atomic mass is 28.4. The number of phenols is 1. The topological polar surface area (TPSA) is 92.2 Å². The molecule has 0 bridgehead atoms. The lowest BCUT2D eigenvalue weighted by atomic mass is 9.69. The lowest BCUT2D eigenvalue weighted by Gasteiger charge is -2.44. The van der Waals surface area contributed by atoms with Gasteiger partial charge in [0, 0.05) is 43.4 Å². The number of carbonyl (C=O) groups is 2. The molecule has 4 aliphatic rings. The van der Waals surface area contributed by atoms with Crippen LogP contribution < -0.4 is 10.4 Å². The summed E-state index contributed by atoms with van der Waals surface area (Å²) in [6.45, 7) is 10.1. The molecule has 5 aromatic rings. The maximum atomic E-state index is 14.8. The fourth-order valence-electron chi connectivity index (χ4n) is 11.0.